The molecular formula is C23H28N4O. The number of fused-ring (bicyclic) bond motifs is 1. The first-order valence-electron chi connectivity index (χ1n) is 9.85. The van der Waals surface area contributed by atoms with Gasteiger partial charge in [0.05, 0.1) is 11.2 Å². The van der Waals surface area contributed by atoms with Crippen molar-refractivity contribution in [3.05, 3.63) is 60.3 Å². The molecule has 0 spiro atoms. The molecule has 146 valence electrons. The SMILES string of the molecule is CCN(CC)c1ccc(NCCC(=O)Nc2cccc3cccnc23)c(C)c1. The smallest absolute Gasteiger partial charge is 0.226 e. The molecule has 0 aliphatic rings. The van der Waals surface area contributed by atoms with E-state index < -0.39 is 0 Å². The Hall–Kier alpha value is -3.08. The first-order valence-corrected chi connectivity index (χ1v) is 9.85. The Bertz CT molecular complexity index is 945. The Morgan fingerprint density at radius 1 is 1.04 bits per heavy atom. The summed E-state index contributed by atoms with van der Waals surface area (Å²) in [5.41, 5.74) is 5.05. The second kappa shape index (κ2) is 9.22. The van der Waals surface area contributed by atoms with E-state index in [-0.39, 0.29) is 5.91 Å². The molecule has 3 rings (SSSR count). The number of hydrogen-bond donors (Lipinski definition) is 2. The molecule has 2 N–H and O–H groups in total. The Morgan fingerprint density at radius 2 is 1.82 bits per heavy atom. The number of amides is 1. The van der Waals surface area contributed by atoms with Crippen molar-refractivity contribution >= 4 is 33.9 Å². The molecule has 0 aliphatic heterocycles. The van der Waals surface area contributed by atoms with E-state index >= 15 is 0 Å². The summed E-state index contributed by atoms with van der Waals surface area (Å²) in [6, 6.07) is 16.1. The monoisotopic (exact) mass is 376 g/mol. The van der Waals surface area contributed by atoms with Crippen LogP contribution in [-0.4, -0.2) is 30.5 Å². The Labute approximate surface area is 166 Å². The predicted octanol–water partition coefficient (Wildman–Crippen LogP) is 4.83. The van der Waals surface area contributed by atoms with Crippen molar-refractivity contribution in [1.29, 1.82) is 0 Å². The van der Waals surface area contributed by atoms with Crippen molar-refractivity contribution < 1.29 is 4.79 Å². The van der Waals surface area contributed by atoms with Crippen LogP contribution in [0.15, 0.2) is 54.7 Å². The maximum Gasteiger partial charge on any atom is 0.226 e. The maximum atomic E-state index is 12.4. The highest BCUT2D eigenvalue weighted by Gasteiger charge is 2.08. The molecule has 0 unspecified atom stereocenters. The third-order valence-electron chi connectivity index (χ3n) is 4.91. The fourth-order valence-electron chi connectivity index (χ4n) is 3.36. The van der Waals surface area contributed by atoms with E-state index in [1.54, 1.807) is 6.20 Å². The third kappa shape index (κ3) is 4.60. The molecule has 1 heterocycles. The molecule has 0 fully saturated rings. The van der Waals surface area contributed by atoms with E-state index in [0.29, 0.717) is 13.0 Å². The zero-order valence-corrected chi connectivity index (χ0v) is 16.8. The zero-order chi connectivity index (χ0) is 19.9. The lowest BCUT2D eigenvalue weighted by Crippen LogP contribution is -2.22. The highest BCUT2D eigenvalue weighted by atomic mass is 16.1. The van der Waals surface area contributed by atoms with Crippen LogP contribution in [0.1, 0.15) is 25.8 Å². The number of carbonyl (C=O) groups excluding carboxylic acids is 1. The molecule has 0 aliphatic carbocycles. The van der Waals surface area contributed by atoms with Gasteiger partial charge in [0.2, 0.25) is 5.91 Å². The predicted molar refractivity (Wildman–Crippen MR) is 118 cm³/mol. The molecular weight excluding hydrogens is 348 g/mol. The normalized spacial score (nSPS) is 10.7. The van der Waals surface area contributed by atoms with Crippen molar-refractivity contribution in [1.82, 2.24) is 4.98 Å². The standard InChI is InChI=1S/C23H28N4O/c1-4-27(5-2)19-11-12-20(17(3)16-19)24-15-13-22(28)26-21-10-6-8-18-9-7-14-25-23(18)21/h6-12,14,16,24H,4-5,13,15H2,1-3H3,(H,26,28). The van der Waals surface area contributed by atoms with Crippen molar-refractivity contribution in [2.75, 3.05) is 35.2 Å². The second-order valence-electron chi connectivity index (χ2n) is 6.78. The van der Waals surface area contributed by atoms with Crippen molar-refractivity contribution in [2.24, 2.45) is 0 Å². The average molecular weight is 377 g/mol. The van der Waals surface area contributed by atoms with Crippen LogP contribution in [0.3, 0.4) is 0 Å². The Balaban J connectivity index is 1.57. The lowest BCUT2D eigenvalue weighted by Gasteiger charge is -2.22. The number of hydrogen-bond acceptors (Lipinski definition) is 4. The third-order valence-corrected chi connectivity index (χ3v) is 4.91. The van der Waals surface area contributed by atoms with Crippen molar-refractivity contribution in [3.63, 3.8) is 0 Å². The minimum atomic E-state index is -0.0249. The number of nitrogens with zero attached hydrogens (tertiary/aromatic N) is 2. The number of rotatable bonds is 8. The fourth-order valence-corrected chi connectivity index (χ4v) is 3.36. The van der Waals surface area contributed by atoms with E-state index in [0.717, 1.165) is 35.4 Å². The van der Waals surface area contributed by atoms with E-state index in [1.165, 1.54) is 11.3 Å². The summed E-state index contributed by atoms with van der Waals surface area (Å²) < 4.78 is 0. The van der Waals surface area contributed by atoms with Crippen molar-refractivity contribution in [2.45, 2.75) is 27.2 Å². The molecule has 0 bridgehead atoms. The van der Waals surface area contributed by atoms with Gasteiger partial charge in [-0.2, -0.15) is 0 Å². The molecule has 1 amide bonds. The molecule has 0 radical (unpaired) electrons. The summed E-state index contributed by atoms with van der Waals surface area (Å²) >= 11 is 0. The highest BCUT2D eigenvalue weighted by Crippen LogP contribution is 2.23. The first-order chi connectivity index (χ1) is 13.6. The van der Waals surface area contributed by atoms with Crippen LogP contribution in [0, 0.1) is 6.92 Å². The zero-order valence-electron chi connectivity index (χ0n) is 16.8. The number of aromatic nitrogens is 1. The van der Waals surface area contributed by atoms with Crippen LogP contribution in [0.25, 0.3) is 10.9 Å². The number of carbonyl (C=O) groups is 1. The van der Waals surface area contributed by atoms with Gasteiger partial charge in [0.15, 0.2) is 0 Å². The van der Waals surface area contributed by atoms with Crippen LogP contribution in [0.4, 0.5) is 17.1 Å². The minimum Gasteiger partial charge on any atom is -0.384 e. The first kappa shape index (κ1) is 19.7. The number of para-hydroxylation sites is 1. The van der Waals surface area contributed by atoms with Gasteiger partial charge >= 0.3 is 0 Å². The summed E-state index contributed by atoms with van der Waals surface area (Å²) in [5, 5.41) is 7.37. The Morgan fingerprint density at radius 3 is 2.57 bits per heavy atom. The lowest BCUT2D eigenvalue weighted by molar-refractivity contribution is -0.115. The summed E-state index contributed by atoms with van der Waals surface area (Å²) in [4.78, 5) is 19.1. The van der Waals surface area contributed by atoms with Crippen LogP contribution >= 0.6 is 0 Å². The van der Waals surface area contributed by atoms with Gasteiger partial charge in [-0.05, 0) is 56.7 Å². The van der Waals surface area contributed by atoms with Gasteiger partial charge in [-0.15, -0.1) is 0 Å². The summed E-state index contributed by atoms with van der Waals surface area (Å²) in [6.07, 6.45) is 2.13. The minimum absolute atomic E-state index is 0.0249. The second-order valence-corrected chi connectivity index (χ2v) is 6.78. The molecule has 2 aromatic carbocycles. The lowest BCUT2D eigenvalue weighted by atomic mass is 10.1. The molecule has 3 aromatic rings. The topological polar surface area (TPSA) is 57.3 Å². The van der Waals surface area contributed by atoms with Crippen LogP contribution in [0.2, 0.25) is 0 Å². The number of pyridine rings is 1. The number of aryl methyl sites for hydroxylation is 1. The summed E-state index contributed by atoms with van der Waals surface area (Å²) in [6.45, 7) is 8.98. The quantitative estimate of drug-likeness (QED) is 0.591. The molecule has 5 heteroatoms. The van der Waals surface area contributed by atoms with Gasteiger partial charge in [-0.1, -0.05) is 18.2 Å². The van der Waals surface area contributed by atoms with E-state index in [4.69, 9.17) is 0 Å². The number of benzene rings is 2. The van der Waals surface area contributed by atoms with Crippen LogP contribution < -0.4 is 15.5 Å². The molecule has 0 atom stereocenters. The average Bonchev–Trinajstić information content (AvgIpc) is 2.71. The molecule has 0 saturated carbocycles. The van der Waals surface area contributed by atoms with Gasteiger partial charge in [0.1, 0.15) is 0 Å². The molecule has 1 aromatic heterocycles. The molecule has 5 nitrogen and oxygen atoms in total. The van der Waals surface area contributed by atoms with Gasteiger partial charge in [0, 0.05) is 49.0 Å². The van der Waals surface area contributed by atoms with Crippen molar-refractivity contribution in [3.8, 4) is 0 Å². The molecule has 0 saturated heterocycles. The van der Waals surface area contributed by atoms with Gasteiger partial charge in [-0.3, -0.25) is 9.78 Å². The maximum absolute atomic E-state index is 12.4. The van der Waals surface area contributed by atoms with Gasteiger partial charge in [0.25, 0.3) is 0 Å². The van der Waals surface area contributed by atoms with Gasteiger partial charge in [-0.25, -0.2) is 0 Å². The highest BCUT2D eigenvalue weighted by molar-refractivity contribution is 6.00. The Kier molecular flexibility index (Phi) is 6.48. The van der Waals surface area contributed by atoms with E-state index in [1.807, 2.05) is 30.3 Å². The summed E-state index contributed by atoms with van der Waals surface area (Å²) in [5.74, 6) is -0.0249. The number of nitrogens with one attached hydrogen (secondary N) is 2. The van der Waals surface area contributed by atoms with E-state index in [9.17, 15) is 4.79 Å². The number of anilines is 3. The largest absolute Gasteiger partial charge is 0.384 e. The van der Waals surface area contributed by atoms with Crippen LogP contribution in [0.5, 0.6) is 0 Å². The van der Waals surface area contributed by atoms with Gasteiger partial charge < -0.3 is 15.5 Å². The van der Waals surface area contributed by atoms with E-state index in [2.05, 4.69) is 59.5 Å². The fraction of sp³-hybridized carbons (Fsp3) is 0.304. The van der Waals surface area contributed by atoms with Crippen LogP contribution in [-0.2, 0) is 4.79 Å². The summed E-state index contributed by atoms with van der Waals surface area (Å²) in [7, 11) is 0. The molecule has 28 heavy (non-hydrogen) atoms.